The first-order valence-corrected chi connectivity index (χ1v) is 6.30. The van der Waals surface area contributed by atoms with Gasteiger partial charge in [0.15, 0.2) is 0 Å². The Kier molecular flexibility index (Phi) is 5.75. The summed E-state index contributed by atoms with van der Waals surface area (Å²) in [4.78, 5) is 12.5. The number of rotatable bonds is 6. The molecular formula is C10H15NO2S2. The Hall–Kier alpha value is -0.520. The zero-order chi connectivity index (χ0) is 11.1. The van der Waals surface area contributed by atoms with Gasteiger partial charge in [0.05, 0.1) is 6.61 Å². The average molecular weight is 245 g/mol. The summed E-state index contributed by atoms with van der Waals surface area (Å²) in [6.45, 7) is 0.402. The molecule has 1 heterocycles. The number of hydrogen-bond acceptors (Lipinski definition) is 5. The van der Waals surface area contributed by atoms with Crippen LogP contribution in [-0.2, 0) is 16.0 Å². The number of nitrogens with two attached hydrogens (primary N) is 1. The third kappa shape index (κ3) is 4.68. The van der Waals surface area contributed by atoms with Crippen molar-refractivity contribution in [3.05, 3.63) is 22.4 Å². The average Bonchev–Trinajstić information content (AvgIpc) is 2.71. The first kappa shape index (κ1) is 12.5. The molecule has 1 atom stereocenters. The Labute approximate surface area is 99.0 Å². The highest BCUT2D eigenvalue weighted by Gasteiger charge is 2.13. The largest absolute Gasteiger partial charge is 0.464 e. The second kappa shape index (κ2) is 6.87. The number of thiol groups is 1. The van der Waals surface area contributed by atoms with Crippen LogP contribution < -0.4 is 5.73 Å². The van der Waals surface area contributed by atoms with Crippen LogP contribution in [0.4, 0.5) is 0 Å². The van der Waals surface area contributed by atoms with Gasteiger partial charge < -0.3 is 10.5 Å². The van der Waals surface area contributed by atoms with Crippen LogP contribution >= 0.6 is 24.0 Å². The van der Waals surface area contributed by atoms with Crippen LogP contribution in [0.3, 0.4) is 0 Å². The van der Waals surface area contributed by atoms with Crippen LogP contribution in [0.1, 0.15) is 11.3 Å². The molecule has 1 unspecified atom stereocenters. The third-order valence-corrected chi connectivity index (χ3v) is 3.11. The van der Waals surface area contributed by atoms with E-state index < -0.39 is 6.04 Å². The van der Waals surface area contributed by atoms with E-state index in [1.54, 1.807) is 11.3 Å². The van der Waals surface area contributed by atoms with Gasteiger partial charge in [-0.3, -0.25) is 4.79 Å². The molecule has 0 aliphatic heterocycles. The van der Waals surface area contributed by atoms with Crippen molar-refractivity contribution in [2.24, 2.45) is 5.73 Å². The van der Waals surface area contributed by atoms with E-state index >= 15 is 0 Å². The van der Waals surface area contributed by atoms with Crippen molar-refractivity contribution in [3.8, 4) is 0 Å². The third-order valence-electron chi connectivity index (χ3n) is 1.92. The summed E-state index contributed by atoms with van der Waals surface area (Å²) in [5, 5.41) is 2.00. The first-order chi connectivity index (χ1) is 7.24. The van der Waals surface area contributed by atoms with Crippen LogP contribution in [-0.4, -0.2) is 24.4 Å². The van der Waals surface area contributed by atoms with E-state index in [9.17, 15) is 4.79 Å². The summed E-state index contributed by atoms with van der Waals surface area (Å²) in [6.07, 6.45) is 1.32. The van der Waals surface area contributed by atoms with Gasteiger partial charge in [-0.2, -0.15) is 12.6 Å². The zero-order valence-electron chi connectivity index (χ0n) is 8.39. The zero-order valence-corrected chi connectivity index (χ0v) is 10.1. The van der Waals surface area contributed by atoms with Gasteiger partial charge in [0, 0.05) is 11.3 Å². The SMILES string of the molecule is NC(CCS)C(=O)OCCc1cccs1. The lowest BCUT2D eigenvalue weighted by molar-refractivity contribution is -0.145. The highest BCUT2D eigenvalue weighted by atomic mass is 32.1. The molecule has 2 N–H and O–H groups in total. The molecule has 0 aliphatic rings. The normalized spacial score (nSPS) is 12.4. The Morgan fingerprint density at radius 2 is 2.47 bits per heavy atom. The molecule has 0 radical (unpaired) electrons. The van der Waals surface area contributed by atoms with Crippen molar-refractivity contribution in [1.82, 2.24) is 0 Å². The van der Waals surface area contributed by atoms with Gasteiger partial charge in [-0.15, -0.1) is 11.3 Å². The molecule has 0 saturated heterocycles. The molecule has 0 aliphatic carbocycles. The minimum Gasteiger partial charge on any atom is -0.464 e. The maximum absolute atomic E-state index is 11.3. The fraction of sp³-hybridized carbons (Fsp3) is 0.500. The first-order valence-electron chi connectivity index (χ1n) is 4.79. The van der Waals surface area contributed by atoms with Crippen LogP contribution in [0, 0.1) is 0 Å². The smallest absolute Gasteiger partial charge is 0.322 e. The second-order valence-corrected chi connectivity index (χ2v) is 4.60. The molecule has 0 bridgehead atoms. The molecule has 0 saturated carbocycles. The monoisotopic (exact) mass is 245 g/mol. The summed E-state index contributed by atoms with van der Waals surface area (Å²) in [7, 11) is 0. The lowest BCUT2D eigenvalue weighted by atomic mass is 10.2. The van der Waals surface area contributed by atoms with Crippen molar-refractivity contribution in [2.75, 3.05) is 12.4 Å². The Morgan fingerprint density at radius 1 is 1.67 bits per heavy atom. The van der Waals surface area contributed by atoms with Crippen molar-refractivity contribution in [3.63, 3.8) is 0 Å². The van der Waals surface area contributed by atoms with Crippen molar-refractivity contribution in [2.45, 2.75) is 18.9 Å². The molecule has 5 heteroatoms. The molecule has 0 aromatic carbocycles. The van der Waals surface area contributed by atoms with Crippen molar-refractivity contribution >= 4 is 29.9 Å². The molecule has 0 spiro atoms. The minimum absolute atomic E-state index is 0.333. The standard InChI is InChI=1S/C10H15NO2S2/c11-9(4-6-14)10(12)13-5-3-8-2-1-7-15-8/h1-2,7,9,14H,3-6,11H2. The van der Waals surface area contributed by atoms with Crippen LogP contribution in [0.2, 0.25) is 0 Å². The molecule has 0 fully saturated rings. The number of thiophene rings is 1. The Morgan fingerprint density at radius 3 is 3.07 bits per heavy atom. The highest BCUT2D eigenvalue weighted by Crippen LogP contribution is 2.09. The van der Waals surface area contributed by atoms with Gasteiger partial charge in [0.25, 0.3) is 0 Å². The molecule has 84 valence electrons. The van der Waals surface area contributed by atoms with Gasteiger partial charge in [-0.05, 0) is 23.6 Å². The summed E-state index contributed by atoms with van der Waals surface area (Å²) < 4.78 is 5.04. The predicted molar refractivity (Wildman–Crippen MR) is 65.4 cm³/mol. The Balaban J connectivity index is 2.17. The lowest BCUT2D eigenvalue weighted by Gasteiger charge is -2.09. The molecule has 0 amide bonds. The van der Waals surface area contributed by atoms with Gasteiger partial charge in [0.2, 0.25) is 0 Å². The number of hydrogen-bond donors (Lipinski definition) is 2. The van der Waals surface area contributed by atoms with E-state index in [2.05, 4.69) is 12.6 Å². The molecule has 3 nitrogen and oxygen atoms in total. The number of carbonyl (C=O) groups is 1. The van der Waals surface area contributed by atoms with Crippen LogP contribution in [0.5, 0.6) is 0 Å². The minimum atomic E-state index is -0.536. The number of esters is 1. The molecule has 1 aromatic heterocycles. The number of carbonyl (C=O) groups excluding carboxylic acids is 1. The van der Waals surface area contributed by atoms with Gasteiger partial charge in [-0.1, -0.05) is 6.07 Å². The predicted octanol–water partition coefficient (Wildman–Crippen LogP) is 1.48. The fourth-order valence-corrected chi connectivity index (χ4v) is 2.04. The number of ether oxygens (including phenoxy) is 1. The van der Waals surface area contributed by atoms with E-state index in [-0.39, 0.29) is 5.97 Å². The van der Waals surface area contributed by atoms with Gasteiger partial charge in [0.1, 0.15) is 6.04 Å². The quantitative estimate of drug-likeness (QED) is 0.589. The van der Waals surface area contributed by atoms with E-state index in [1.165, 1.54) is 4.88 Å². The van der Waals surface area contributed by atoms with Gasteiger partial charge >= 0.3 is 5.97 Å². The fourth-order valence-electron chi connectivity index (χ4n) is 1.07. The van der Waals surface area contributed by atoms with Crippen LogP contribution in [0.15, 0.2) is 17.5 Å². The van der Waals surface area contributed by atoms with Crippen LogP contribution in [0.25, 0.3) is 0 Å². The van der Waals surface area contributed by atoms with Gasteiger partial charge in [-0.25, -0.2) is 0 Å². The molecule has 1 aromatic rings. The topological polar surface area (TPSA) is 52.3 Å². The summed E-state index contributed by atoms with van der Waals surface area (Å²) in [5.74, 6) is 0.266. The summed E-state index contributed by atoms with van der Waals surface area (Å²) in [6, 6.07) is 3.46. The maximum atomic E-state index is 11.3. The van der Waals surface area contributed by atoms with E-state index in [4.69, 9.17) is 10.5 Å². The van der Waals surface area contributed by atoms with E-state index in [0.29, 0.717) is 18.8 Å². The summed E-state index contributed by atoms with van der Waals surface area (Å²) in [5.41, 5.74) is 5.57. The second-order valence-electron chi connectivity index (χ2n) is 3.12. The summed E-state index contributed by atoms with van der Waals surface area (Å²) >= 11 is 5.67. The molecule has 15 heavy (non-hydrogen) atoms. The van der Waals surface area contributed by atoms with Crippen molar-refractivity contribution < 1.29 is 9.53 Å². The Bertz CT molecular complexity index is 288. The van der Waals surface area contributed by atoms with Crippen molar-refractivity contribution in [1.29, 1.82) is 0 Å². The molecular weight excluding hydrogens is 230 g/mol. The van der Waals surface area contributed by atoms with E-state index in [1.807, 2.05) is 17.5 Å². The molecule has 1 rings (SSSR count). The lowest BCUT2D eigenvalue weighted by Crippen LogP contribution is -2.33. The maximum Gasteiger partial charge on any atom is 0.322 e. The van der Waals surface area contributed by atoms with E-state index in [0.717, 1.165) is 6.42 Å². The highest BCUT2D eigenvalue weighted by molar-refractivity contribution is 7.80.